The predicted octanol–water partition coefficient (Wildman–Crippen LogP) is 3.09. The fourth-order valence-corrected chi connectivity index (χ4v) is 2.79. The van der Waals surface area contributed by atoms with Crippen LogP contribution in [0.1, 0.15) is 31.2 Å². The SMILES string of the molecule is Oc1c(Cl)cc(CN[C@H]2CC[C@H](O)CC2)cc1Cl. The zero-order chi connectivity index (χ0) is 13.1. The number of hydrogen-bond donors (Lipinski definition) is 3. The summed E-state index contributed by atoms with van der Waals surface area (Å²) in [6.07, 6.45) is 3.55. The van der Waals surface area contributed by atoms with Crippen molar-refractivity contribution >= 4 is 23.2 Å². The molecule has 0 aliphatic heterocycles. The number of aromatic hydroxyl groups is 1. The van der Waals surface area contributed by atoms with E-state index in [1.165, 1.54) is 0 Å². The van der Waals surface area contributed by atoms with E-state index in [2.05, 4.69) is 5.32 Å². The summed E-state index contributed by atoms with van der Waals surface area (Å²) < 4.78 is 0. The van der Waals surface area contributed by atoms with Crippen molar-refractivity contribution in [3.63, 3.8) is 0 Å². The van der Waals surface area contributed by atoms with Gasteiger partial charge in [0.15, 0.2) is 5.75 Å². The maximum atomic E-state index is 9.46. The number of aliphatic hydroxyl groups is 1. The first kappa shape index (κ1) is 13.9. The molecule has 0 atom stereocenters. The van der Waals surface area contributed by atoms with Crippen molar-refractivity contribution in [2.45, 2.75) is 44.4 Å². The Balaban J connectivity index is 1.90. The molecule has 0 heterocycles. The van der Waals surface area contributed by atoms with Gasteiger partial charge < -0.3 is 15.5 Å². The van der Waals surface area contributed by atoms with Crippen molar-refractivity contribution in [3.8, 4) is 5.75 Å². The molecule has 2 rings (SSSR count). The molecule has 0 saturated heterocycles. The molecule has 1 fully saturated rings. The van der Waals surface area contributed by atoms with Gasteiger partial charge in [-0.1, -0.05) is 23.2 Å². The van der Waals surface area contributed by atoms with Crippen LogP contribution in [0.5, 0.6) is 5.75 Å². The smallest absolute Gasteiger partial charge is 0.152 e. The van der Waals surface area contributed by atoms with Crippen LogP contribution in [0.3, 0.4) is 0 Å². The molecule has 1 aliphatic carbocycles. The molecule has 1 aliphatic rings. The van der Waals surface area contributed by atoms with Gasteiger partial charge in [0.05, 0.1) is 16.1 Å². The molecule has 1 aromatic rings. The third-order valence-corrected chi connectivity index (χ3v) is 3.94. The molecule has 0 aromatic heterocycles. The number of hydrogen-bond acceptors (Lipinski definition) is 3. The first-order valence-corrected chi connectivity index (χ1v) is 6.90. The third-order valence-electron chi connectivity index (χ3n) is 3.37. The highest BCUT2D eigenvalue weighted by atomic mass is 35.5. The maximum absolute atomic E-state index is 9.46. The quantitative estimate of drug-likeness (QED) is 0.802. The van der Waals surface area contributed by atoms with Crippen LogP contribution >= 0.6 is 23.2 Å². The average Bonchev–Trinajstić information content (AvgIpc) is 2.35. The van der Waals surface area contributed by atoms with E-state index in [0.717, 1.165) is 31.2 Å². The number of aliphatic hydroxyl groups excluding tert-OH is 1. The van der Waals surface area contributed by atoms with Crippen LogP contribution in [0.15, 0.2) is 12.1 Å². The fourth-order valence-electron chi connectivity index (χ4n) is 2.26. The Hall–Kier alpha value is -0.480. The van der Waals surface area contributed by atoms with Crippen molar-refractivity contribution in [2.75, 3.05) is 0 Å². The van der Waals surface area contributed by atoms with E-state index in [-0.39, 0.29) is 21.9 Å². The molecule has 18 heavy (non-hydrogen) atoms. The molecule has 0 bridgehead atoms. The van der Waals surface area contributed by atoms with Crippen molar-refractivity contribution in [2.24, 2.45) is 0 Å². The fraction of sp³-hybridized carbons (Fsp3) is 0.538. The van der Waals surface area contributed by atoms with Gasteiger partial charge in [0.25, 0.3) is 0 Å². The van der Waals surface area contributed by atoms with Crippen molar-refractivity contribution in [1.29, 1.82) is 0 Å². The largest absolute Gasteiger partial charge is 0.505 e. The van der Waals surface area contributed by atoms with Gasteiger partial charge >= 0.3 is 0 Å². The summed E-state index contributed by atoms with van der Waals surface area (Å²) in [7, 11) is 0. The number of benzene rings is 1. The van der Waals surface area contributed by atoms with Crippen LogP contribution in [0.25, 0.3) is 0 Å². The molecule has 5 heteroatoms. The van der Waals surface area contributed by atoms with Crippen LogP contribution in [-0.2, 0) is 6.54 Å². The summed E-state index contributed by atoms with van der Waals surface area (Å²) in [5.41, 5.74) is 0.953. The third kappa shape index (κ3) is 3.51. The van der Waals surface area contributed by atoms with Crippen LogP contribution < -0.4 is 5.32 Å². The number of phenols is 1. The van der Waals surface area contributed by atoms with Crippen molar-refractivity contribution in [1.82, 2.24) is 5.32 Å². The standard InChI is InChI=1S/C13H17Cl2NO2/c14-11-5-8(6-12(15)13(11)18)7-16-9-1-3-10(17)4-2-9/h5-6,9-10,16-18H,1-4,7H2/t9-,10-. The second-order valence-corrected chi connectivity index (χ2v) is 5.61. The molecule has 100 valence electrons. The molecule has 0 spiro atoms. The average molecular weight is 290 g/mol. The van der Waals surface area contributed by atoms with Crippen molar-refractivity contribution in [3.05, 3.63) is 27.7 Å². The zero-order valence-corrected chi connectivity index (χ0v) is 11.5. The summed E-state index contributed by atoms with van der Waals surface area (Å²) in [5, 5.41) is 22.9. The van der Waals surface area contributed by atoms with Gasteiger partial charge in [-0.3, -0.25) is 0 Å². The highest BCUT2D eigenvalue weighted by Gasteiger charge is 2.18. The Morgan fingerprint density at radius 1 is 1.11 bits per heavy atom. The lowest BCUT2D eigenvalue weighted by molar-refractivity contribution is 0.116. The minimum absolute atomic E-state index is 0.0668. The number of rotatable bonds is 3. The molecule has 0 unspecified atom stereocenters. The van der Waals surface area contributed by atoms with Gasteiger partial charge in [-0.15, -0.1) is 0 Å². The van der Waals surface area contributed by atoms with Crippen LogP contribution in [-0.4, -0.2) is 22.4 Å². The van der Waals surface area contributed by atoms with E-state index >= 15 is 0 Å². The molecule has 0 radical (unpaired) electrons. The molecular weight excluding hydrogens is 273 g/mol. The lowest BCUT2D eigenvalue weighted by Crippen LogP contribution is -2.34. The predicted molar refractivity (Wildman–Crippen MR) is 73.2 cm³/mol. The Labute approximate surface area is 117 Å². The highest BCUT2D eigenvalue weighted by Crippen LogP contribution is 2.32. The Morgan fingerprint density at radius 3 is 2.22 bits per heavy atom. The molecular formula is C13H17Cl2NO2. The van der Waals surface area contributed by atoms with E-state index in [9.17, 15) is 10.2 Å². The lowest BCUT2D eigenvalue weighted by Gasteiger charge is -2.26. The lowest BCUT2D eigenvalue weighted by atomic mass is 9.93. The zero-order valence-electron chi connectivity index (χ0n) is 10.00. The van der Waals surface area contributed by atoms with Crippen LogP contribution in [0.4, 0.5) is 0 Å². The van der Waals surface area contributed by atoms with Gasteiger partial charge in [0.2, 0.25) is 0 Å². The molecule has 1 saturated carbocycles. The van der Waals surface area contributed by atoms with E-state index in [4.69, 9.17) is 23.2 Å². The minimum atomic E-state index is -0.138. The molecule has 0 amide bonds. The van der Waals surface area contributed by atoms with Gasteiger partial charge in [0.1, 0.15) is 0 Å². The first-order chi connectivity index (χ1) is 8.56. The number of nitrogens with one attached hydrogen (secondary N) is 1. The summed E-state index contributed by atoms with van der Waals surface area (Å²) in [4.78, 5) is 0. The summed E-state index contributed by atoms with van der Waals surface area (Å²) in [5.74, 6) is -0.0668. The van der Waals surface area contributed by atoms with Gasteiger partial charge in [0, 0.05) is 12.6 Å². The Kier molecular flexibility index (Phi) is 4.73. The second-order valence-electron chi connectivity index (χ2n) is 4.79. The summed E-state index contributed by atoms with van der Waals surface area (Å²) in [6, 6.07) is 3.86. The maximum Gasteiger partial charge on any atom is 0.152 e. The van der Waals surface area contributed by atoms with Crippen molar-refractivity contribution < 1.29 is 10.2 Å². The second kappa shape index (κ2) is 6.11. The van der Waals surface area contributed by atoms with E-state index in [0.29, 0.717) is 12.6 Å². The van der Waals surface area contributed by atoms with E-state index in [1.54, 1.807) is 12.1 Å². The van der Waals surface area contributed by atoms with Gasteiger partial charge in [-0.25, -0.2) is 0 Å². The molecule has 3 nitrogen and oxygen atoms in total. The number of halogens is 2. The number of phenolic OH excluding ortho intramolecular Hbond substituents is 1. The highest BCUT2D eigenvalue weighted by molar-refractivity contribution is 6.37. The molecule has 1 aromatic carbocycles. The first-order valence-electron chi connectivity index (χ1n) is 6.14. The topological polar surface area (TPSA) is 52.5 Å². The van der Waals surface area contributed by atoms with E-state index in [1.807, 2.05) is 0 Å². The Bertz CT molecular complexity index is 394. The van der Waals surface area contributed by atoms with Crippen LogP contribution in [0, 0.1) is 0 Å². The van der Waals surface area contributed by atoms with Gasteiger partial charge in [-0.05, 0) is 43.4 Å². The Morgan fingerprint density at radius 2 is 1.67 bits per heavy atom. The monoisotopic (exact) mass is 289 g/mol. The minimum Gasteiger partial charge on any atom is -0.505 e. The van der Waals surface area contributed by atoms with E-state index < -0.39 is 0 Å². The summed E-state index contributed by atoms with van der Waals surface area (Å²) in [6.45, 7) is 0.667. The molecule has 3 N–H and O–H groups in total. The van der Waals surface area contributed by atoms with Gasteiger partial charge in [-0.2, -0.15) is 0 Å². The normalized spacial score (nSPS) is 24.2. The van der Waals surface area contributed by atoms with Crippen LogP contribution in [0.2, 0.25) is 10.0 Å². The summed E-state index contributed by atoms with van der Waals surface area (Å²) >= 11 is 11.7.